The number of ketones is 1. The molecule has 5 heteroatoms. The number of hydrogen-bond acceptors (Lipinski definition) is 3. The Hall–Kier alpha value is -3.26. The van der Waals surface area contributed by atoms with Crippen molar-refractivity contribution < 1.29 is 14.0 Å². The van der Waals surface area contributed by atoms with Crippen molar-refractivity contribution in [1.82, 2.24) is 0 Å². The molecule has 0 spiro atoms. The third-order valence-corrected chi connectivity index (χ3v) is 5.56. The van der Waals surface area contributed by atoms with Crippen molar-refractivity contribution in [3.8, 4) is 6.07 Å². The van der Waals surface area contributed by atoms with Crippen molar-refractivity contribution in [3.05, 3.63) is 77.6 Å². The van der Waals surface area contributed by atoms with Crippen molar-refractivity contribution in [2.75, 3.05) is 11.4 Å². The molecular weight excluding hydrogens is 343 g/mol. The summed E-state index contributed by atoms with van der Waals surface area (Å²) in [4.78, 5) is 27.6. The number of fused-ring (bicyclic) bond motifs is 1. The van der Waals surface area contributed by atoms with Crippen molar-refractivity contribution in [3.63, 3.8) is 0 Å². The van der Waals surface area contributed by atoms with E-state index >= 15 is 0 Å². The summed E-state index contributed by atoms with van der Waals surface area (Å²) in [5.41, 5.74) is 0.350. The number of nitrogens with zero attached hydrogens (tertiary/aromatic N) is 2. The fourth-order valence-corrected chi connectivity index (χ4v) is 4.22. The highest BCUT2D eigenvalue weighted by Crippen LogP contribution is 2.47. The van der Waals surface area contributed by atoms with Gasteiger partial charge < -0.3 is 4.90 Å². The zero-order chi connectivity index (χ0) is 19.0. The molecule has 1 heterocycles. The molecular formula is C22H17FN2O2. The van der Waals surface area contributed by atoms with Crippen LogP contribution in [0.1, 0.15) is 18.4 Å². The first kappa shape index (κ1) is 17.2. The fraction of sp³-hybridized carbons (Fsp3) is 0.227. The molecule has 1 aliphatic heterocycles. The third-order valence-electron chi connectivity index (χ3n) is 5.56. The molecule has 0 N–H and O–H groups in total. The van der Waals surface area contributed by atoms with E-state index in [2.05, 4.69) is 0 Å². The molecule has 1 fully saturated rings. The lowest BCUT2D eigenvalue weighted by Gasteiger charge is -2.47. The first-order valence-corrected chi connectivity index (χ1v) is 8.85. The molecule has 1 saturated heterocycles. The maximum atomic E-state index is 13.7. The number of carbonyl (C=O) groups is 2. The van der Waals surface area contributed by atoms with Crippen molar-refractivity contribution >= 4 is 17.4 Å². The van der Waals surface area contributed by atoms with Gasteiger partial charge in [-0.05, 0) is 48.2 Å². The number of benzene rings is 2. The number of Topliss-reactive ketones (excluding diaryl/α,β-unsaturated/α-hetero) is 1. The third kappa shape index (κ3) is 2.65. The molecule has 2 aromatic carbocycles. The highest BCUT2D eigenvalue weighted by molar-refractivity contribution is 6.09. The van der Waals surface area contributed by atoms with E-state index in [1.807, 2.05) is 36.4 Å². The van der Waals surface area contributed by atoms with Gasteiger partial charge in [0, 0.05) is 18.7 Å². The van der Waals surface area contributed by atoms with Crippen LogP contribution in [-0.2, 0) is 15.0 Å². The number of nitriles is 1. The number of amides is 1. The van der Waals surface area contributed by atoms with E-state index in [4.69, 9.17) is 0 Å². The van der Waals surface area contributed by atoms with Gasteiger partial charge in [0.1, 0.15) is 11.9 Å². The molecule has 0 bridgehead atoms. The number of allylic oxidation sites excluding steroid dienone is 1. The van der Waals surface area contributed by atoms with Crippen LogP contribution in [0.2, 0.25) is 0 Å². The van der Waals surface area contributed by atoms with Gasteiger partial charge in [-0.1, -0.05) is 30.3 Å². The van der Waals surface area contributed by atoms with Crippen molar-refractivity contribution in [2.24, 2.45) is 5.92 Å². The molecule has 134 valence electrons. The van der Waals surface area contributed by atoms with Crippen LogP contribution in [-0.4, -0.2) is 18.2 Å². The van der Waals surface area contributed by atoms with Crippen LogP contribution in [0, 0.1) is 23.1 Å². The van der Waals surface area contributed by atoms with E-state index in [1.165, 1.54) is 12.1 Å². The minimum absolute atomic E-state index is 0.0319. The number of halogens is 1. The lowest BCUT2D eigenvalue weighted by molar-refractivity contribution is -0.128. The second-order valence-electron chi connectivity index (χ2n) is 6.95. The summed E-state index contributed by atoms with van der Waals surface area (Å²) >= 11 is 0. The summed E-state index contributed by atoms with van der Waals surface area (Å²) in [5.74, 6) is -0.962. The maximum Gasteiger partial charge on any atom is 0.241 e. The highest BCUT2D eigenvalue weighted by Gasteiger charge is 2.53. The topological polar surface area (TPSA) is 61.2 Å². The Bertz CT molecular complexity index is 976. The molecule has 2 atom stereocenters. The number of rotatable bonds is 2. The molecule has 1 aliphatic carbocycles. The Kier molecular flexibility index (Phi) is 4.12. The van der Waals surface area contributed by atoms with Crippen molar-refractivity contribution in [1.29, 1.82) is 5.26 Å². The van der Waals surface area contributed by atoms with Gasteiger partial charge in [0.15, 0.2) is 5.78 Å². The van der Waals surface area contributed by atoms with Gasteiger partial charge in [0.05, 0.1) is 11.0 Å². The molecule has 0 radical (unpaired) electrons. The van der Waals surface area contributed by atoms with E-state index in [0.29, 0.717) is 18.7 Å². The molecule has 0 aromatic heterocycles. The number of carbonyl (C=O) groups excluding carboxylic acids is 2. The largest absolute Gasteiger partial charge is 0.311 e. The summed E-state index contributed by atoms with van der Waals surface area (Å²) in [5, 5.41) is 9.41. The Morgan fingerprint density at radius 2 is 1.78 bits per heavy atom. The Morgan fingerprint density at radius 3 is 2.44 bits per heavy atom. The SMILES string of the molecule is N#CC1=CC2(c3ccccc3)C(=O)N(c3ccc(F)cc3)CCC2CC1=O. The fourth-order valence-electron chi connectivity index (χ4n) is 4.22. The van der Waals surface area contributed by atoms with Gasteiger partial charge in [-0.3, -0.25) is 9.59 Å². The van der Waals surface area contributed by atoms with Gasteiger partial charge in [-0.2, -0.15) is 5.26 Å². The van der Waals surface area contributed by atoms with E-state index in [9.17, 15) is 19.2 Å². The van der Waals surface area contributed by atoms with Crippen LogP contribution in [0.4, 0.5) is 10.1 Å². The normalized spacial score (nSPS) is 24.8. The summed E-state index contributed by atoms with van der Waals surface area (Å²) in [7, 11) is 0. The van der Waals surface area contributed by atoms with Crippen LogP contribution >= 0.6 is 0 Å². The second kappa shape index (κ2) is 6.48. The van der Waals surface area contributed by atoms with Crippen LogP contribution in [0.15, 0.2) is 66.2 Å². The van der Waals surface area contributed by atoms with E-state index in [0.717, 1.165) is 5.56 Å². The first-order valence-electron chi connectivity index (χ1n) is 8.85. The minimum Gasteiger partial charge on any atom is -0.311 e. The van der Waals surface area contributed by atoms with Crippen molar-refractivity contribution in [2.45, 2.75) is 18.3 Å². The number of anilines is 1. The number of piperidine rings is 1. The van der Waals surface area contributed by atoms with Crippen LogP contribution in [0.5, 0.6) is 0 Å². The highest BCUT2D eigenvalue weighted by atomic mass is 19.1. The van der Waals surface area contributed by atoms with Crippen LogP contribution in [0.3, 0.4) is 0 Å². The molecule has 4 nitrogen and oxygen atoms in total. The summed E-state index contributed by atoms with van der Waals surface area (Å²) in [6, 6.07) is 17.0. The molecule has 0 saturated carbocycles. The predicted molar refractivity (Wildman–Crippen MR) is 98.3 cm³/mol. The summed E-state index contributed by atoms with van der Waals surface area (Å²) in [6.45, 7) is 0.451. The van der Waals surface area contributed by atoms with Gasteiger partial charge in [-0.25, -0.2) is 4.39 Å². The molecule has 2 aromatic rings. The molecule has 2 aliphatic rings. The molecule has 4 rings (SSSR count). The first-order chi connectivity index (χ1) is 13.1. The van der Waals surface area contributed by atoms with E-state index < -0.39 is 5.41 Å². The molecule has 27 heavy (non-hydrogen) atoms. The second-order valence-corrected chi connectivity index (χ2v) is 6.95. The number of hydrogen-bond donors (Lipinski definition) is 0. The van der Waals surface area contributed by atoms with Crippen LogP contribution < -0.4 is 4.90 Å². The van der Waals surface area contributed by atoms with E-state index in [1.54, 1.807) is 23.1 Å². The lowest BCUT2D eigenvalue weighted by Crippen LogP contribution is -2.57. The van der Waals surface area contributed by atoms with Gasteiger partial charge in [-0.15, -0.1) is 0 Å². The standard InChI is InChI=1S/C22H17FN2O2/c23-18-6-8-19(9-7-18)25-11-10-17-12-20(26)15(14-24)13-22(17,21(25)27)16-4-2-1-3-5-16/h1-9,13,17H,10-12H2. The van der Waals surface area contributed by atoms with E-state index in [-0.39, 0.29) is 35.4 Å². The Balaban J connectivity index is 1.89. The zero-order valence-electron chi connectivity index (χ0n) is 14.6. The average molecular weight is 360 g/mol. The monoisotopic (exact) mass is 360 g/mol. The lowest BCUT2D eigenvalue weighted by atomic mass is 9.60. The zero-order valence-corrected chi connectivity index (χ0v) is 14.6. The summed E-state index contributed by atoms with van der Waals surface area (Å²) in [6.07, 6.45) is 2.35. The van der Waals surface area contributed by atoms with Gasteiger partial charge >= 0.3 is 0 Å². The van der Waals surface area contributed by atoms with Gasteiger partial charge in [0.25, 0.3) is 0 Å². The average Bonchev–Trinajstić information content (AvgIpc) is 2.70. The Labute approximate surface area is 156 Å². The molecule has 2 unspecified atom stereocenters. The Morgan fingerprint density at radius 1 is 1.07 bits per heavy atom. The molecule has 1 amide bonds. The van der Waals surface area contributed by atoms with Crippen LogP contribution in [0.25, 0.3) is 0 Å². The minimum atomic E-state index is -1.06. The maximum absolute atomic E-state index is 13.7. The predicted octanol–water partition coefficient (Wildman–Crippen LogP) is 3.54. The summed E-state index contributed by atoms with van der Waals surface area (Å²) < 4.78 is 13.3. The smallest absolute Gasteiger partial charge is 0.241 e. The van der Waals surface area contributed by atoms with Gasteiger partial charge in [0.2, 0.25) is 5.91 Å². The quantitative estimate of drug-likeness (QED) is 0.823.